The van der Waals surface area contributed by atoms with E-state index < -0.39 is 12.1 Å². The number of unbranched alkanes of at least 4 members (excludes halogenated alkanes) is 45. The summed E-state index contributed by atoms with van der Waals surface area (Å²) in [4.78, 5) is 24.5. The summed E-state index contributed by atoms with van der Waals surface area (Å²) in [5, 5.41) is 23.2. The highest BCUT2D eigenvalue weighted by molar-refractivity contribution is 5.76. The minimum Gasteiger partial charge on any atom is -0.466 e. The van der Waals surface area contributed by atoms with Crippen LogP contribution in [0.2, 0.25) is 0 Å². The van der Waals surface area contributed by atoms with Crippen molar-refractivity contribution in [1.29, 1.82) is 0 Å². The van der Waals surface area contributed by atoms with Crippen LogP contribution in [0.5, 0.6) is 0 Å². The summed E-state index contributed by atoms with van der Waals surface area (Å²) in [7, 11) is 0. The maximum absolute atomic E-state index is 12.5. The summed E-state index contributed by atoms with van der Waals surface area (Å²) in [5.74, 6) is -0.0680. The molecule has 1 amide bonds. The third-order valence-corrected chi connectivity index (χ3v) is 15.8. The van der Waals surface area contributed by atoms with Gasteiger partial charge < -0.3 is 20.3 Å². The molecule has 0 spiro atoms. The largest absolute Gasteiger partial charge is 0.466 e. The summed E-state index contributed by atoms with van der Waals surface area (Å²) < 4.78 is 5.47. The van der Waals surface area contributed by atoms with E-state index in [4.69, 9.17) is 4.74 Å². The van der Waals surface area contributed by atoms with Crippen molar-refractivity contribution in [2.45, 2.75) is 373 Å². The van der Waals surface area contributed by atoms with Crippen molar-refractivity contribution in [1.82, 2.24) is 5.32 Å². The zero-order valence-electron chi connectivity index (χ0n) is 52.1. The van der Waals surface area contributed by atoms with Gasteiger partial charge in [-0.3, -0.25) is 9.59 Å². The predicted molar refractivity (Wildman–Crippen MR) is 342 cm³/mol. The predicted octanol–water partition coefficient (Wildman–Crippen LogP) is 22.3. The Morgan fingerprint density at radius 1 is 0.359 bits per heavy atom. The molecule has 3 N–H and O–H groups in total. The Hall–Kier alpha value is -2.44. The SMILES string of the molecule is CCCC/C=C\C/C=C\CCCCCCCC(=O)OCCCCCCCCCCC/C=C\C/C=C\CCCCCCCCCCCCCCCCCC(=O)NC(CO)C(O)/C=C/CCCCCCCCCCCCCCCC. The van der Waals surface area contributed by atoms with E-state index in [1.165, 1.54) is 276 Å². The van der Waals surface area contributed by atoms with Crippen molar-refractivity contribution in [3.05, 3.63) is 60.8 Å². The van der Waals surface area contributed by atoms with E-state index in [-0.39, 0.29) is 18.5 Å². The molecular formula is C72H133NO5. The van der Waals surface area contributed by atoms with Crippen LogP contribution < -0.4 is 5.32 Å². The molecule has 0 aliphatic carbocycles. The van der Waals surface area contributed by atoms with Crippen molar-refractivity contribution in [2.24, 2.45) is 0 Å². The molecule has 0 aliphatic heterocycles. The van der Waals surface area contributed by atoms with Crippen LogP contribution in [0.4, 0.5) is 0 Å². The molecule has 6 nitrogen and oxygen atoms in total. The molecule has 0 saturated carbocycles. The van der Waals surface area contributed by atoms with E-state index in [0.717, 1.165) is 57.8 Å². The summed E-state index contributed by atoms with van der Waals surface area (Å²) in [6, 6.07) is -0.628. The molecule has 6 heteroatoms. The van der Waals surface area contributed by atoms with Crippen LogP contribution in [0, 0.1) is 0 Å². The summed E-state index contributed by atoms with van der Waals surface area (Å²) in [6.45, 7) is 4.87. The van der Waals surface area contributed by atoms with Crippen molar-refractivity contribution in [3.63, 3.8) is 0 Å². The first kappa shape index (κ1) is 75.6. The number of allylic oxidation sites excluding steroid dienone is 9. The number of carbonyl (C=O) groups is 2. The van der Waals surface area contributed by atoms with Crippen molar-refractivity contribution in [3.8, 4) is 0 Å². The van der Waals surface area contributed by atoms with Gasteiger partial charge in [-0.15, -0.1) is 0 Å². The fourth-order valence-corrected chi connectivity index (χ4v) is 10.4. The van der Waals surface area contributed by atoms with Crippen LogP contribution in [0.3, 0.4) is 0 Å². The highest BCUT2D eigenvalue weighted by atomic mass is 16.5. The van der Waals surface area contributed by atoms with Crippen LogP contribution >= 0.6 is 0 Å². The maximum Gasteiger partial charge on any atom is 0.305 e. The number of hydrogen-bond acceptors (Lipinski definition) is 5. The zero-order valence-corrected chi connectivity index (χ0v) is 52.1. The minimum absolute atomic E-state index is 0.00209. The van der Waals surface area contributed by atoms with Gasteiger partial charge in [0.15, 0.2) is 0 Å². The van der Waals surface area contributed by atoms with Crippen LogP contribution in [-0.4, -0.2) is 47.4 Å². The average molecular weight is 1090 g/mol. The Balaban J connectivity index is 3.42. The number of amides is 1. The summed E-state index contributed by atoms with van der Waals surface area (Å²) >= 11 is 0. The standard InChI is InChI=1S/C72H133NO5/c1-3-5-7-9-11-13-15-17-19-37-40-44-48-52-56-60-64-70(75)69(68-74)73-71(76)65-61-57-53-49-45-41-38-35-33-31-29-27-25-23-21-20-22-24-26-28-30-32-34-36-39-43-47-51-55-59-63-67-78-72(77)66-62-58-54-50-46-42-18-16-14-12-10-8-6-4-2/h10,12,16,18,22,24,28,30,60,64,69-70,74-75H,3-9,11,13-15,17,19-21,23,25-27,29,31-59,61-63,65-68H2,1-2H3,(H,73,76)/b12-10-,18-16-,24-22-,30-28-,64-60+. The van der Waals surface area contributed by atoms with Gasteiger partial charge >= 0.3 is 5.97 Å². The number of nitrogens with one attached hydrogen (secondary N) is 1. The molecular weight excluding hydrogens is 959 g/mol. The van der Waals surface area contributed by atoms with E-state index in [1.54, 1.807) is 6.08 Å². The Labute approximate surface area is 486 Å². The van der Waals surface area contributed by atoms with Gasteiger partial charge in [-0.25, -0.2) is 0 Å². The van der Waals surface area contributed by atoms with Gasteiger partial charge in [-0.2, -0.15) is 0 Å². The first-order valence-electron chi connectivity index (χ1n) is 34.6. The number of ether oxygens (including phenoxy) is 1. The van der Waals surface area contributed by atoms with E-state index in [9.17, 15) is 19.8 Å². The molecule has 0 aromatic carbocycles. The van der Waals surface area contributed by atoms with Gasteiger partial charge in [0, 0.05) is 12.8 Å². The Morgan fingerprint density at radius 2 is 0.654 bits per heavy atom. The lowest BCUT2D eigenvalue weighted by Gasteiger charge is -2.20. The minimum atomic E-state index is -0.845. The monoisotopic (exact) mass is 1090 g/mol. The fourth-order valence-electron chi connectivity index (χ4n) is 10.4. The molecule has 0 fully saturated rings. The number of hydrogen-bond donors (Lipinski definition) is 3. The quantitative estimate of drug-likeness (QED) is 0.0320. The van der Waals surface area contributed by atoms with E-state index >= 15 is 0 Å². The molecule has 78 heavy (non-hydrogen) atoms. The zero-order chi connectivity index (χ0) is 56.4. The molecule has 0 aliphatic rings. The molecule has 0 radical (unpaired) electrons. The van der Waals surface area contributed by atoms with E-state index in [0.29, 0.717) is 19.4 Å². The summed E-state index contributed by atoms with van der Waals surface area (Å²) in [5.41, 5.74) is 0. The Bertz CT molecular complexity index is 1350. The van der Waals surface area contributed by atoms with Crippen molar-refractivity contribution < 1.29 is 24.5 Å². The third kappa shape index (κ3) is 62.8. The van der Waals surface area contributed by atoms with E-state index in [1.807, 2.05) is 6.08 Å². The van der Waals surface area contributed by atoms with Crippen LogP contribution in [0.25, 0.3) is 0 Å². The molecule has 456 valence electrons. The molecule has 2 unspecified atom stereocenters. The molecule has 0 saturated heterocycles. The number of esters is 1. The lowest BCUT2D eigenvalue weighted by atomic mass is 10.0. The summed E-state index contributed by atoms with van der Waals surface area (Å²) in [6.07, 6.45) is 88.6. The Kier molecular flexibility index (Phi) is 65.0. The number of carbonyl (C=O) groups excluding carboxylic acids is 2. The van der Waals surface area contributed by atoms with Crippen molar-refractivity contribution >= 4 is 11.9 Å². The van der Waals surface area contributed by atoms with Gasteiger partial charge in [0.25, 0.3) is 0 Å². The highest BCUT2D eigenvalue weighted by Gasteiger charge is 2.18. The molecule has 0 aromatic rings. The number of aliphatic hydroxyl groups excluding tert-OH is 2. The topological polar surface area (TPSA) is 95.9 Å². The Morgan fingerprint density at radius 3 is 1.01 bits per heavy atom. The normalized spacial score (nSPS) is 12.9. The average Bonchev–Trinajstić information content (AvgIpc) is 3.44. The number of aliphatic hydroxyl groups is 2. The lowest BCUT2D eigenvalue weighted by molar-refractivity contribution is -0.143. The molecule has 0 rings (SSSR count). The molecule has 0 aromatic heterocycles. The second-order valence-corrected chi connectivity index (χ2v) is 23.5. The van der Waals surface area contributed by atoms with Crippen LogP contribution in [0.15, 0.2) is 60.8 Å². The molecule has 0 bridgehead atoms. The third-order valence-electron chi connectivity index (χ3n) is 15.8. The first-order chi connectivity index (χ1) is 38.5. The van der Waals surface area contributed by atoms with Gasteiger partial charge in [0.1, 0.15) is 0 Å². The smallest absolute Gasteiger partial charge is 0.305 e. The molecule has 2 atom stereocenters. The van der Waals surface area contributed by atoms with Crippen molar-refractivity contribution in [2.75, 3.05) is 13.2 Å². The van der Waals surface area contributed by atoms with E-state index in [2.05, 4.69) is 67.8 Å². The molecule has 0 heterocycles. The second-order valence-electron chi connectivity index (χ2n) is 23.5. The number of rotatable bonds is 64. The van der Waals surface area contributed by atoms with Gasteiger partial charge in [-0.05, 0) is 89.9 Å². The highest BCUT2D eigenvalue weighted by Crippen LogP contribution is 2.17. The second kappa shape index (κ2) is 67.1. The van der Waals surface area contributed by atoms with Gasteiger partial charge in [0.05, 0.1) is 25.4 Å². The van der Waals surface area contributed by atoms with Gasteiger partial charge in [0.2, 0.25) is 5.91 Å². The lowest BCUT2D eigenvalue weighted by Crippen LogP contribution is -2.45. The van der Waals surface area contributed by atoms with Gasteiger partial charge in [-0.1, -0.05) is 319 Å². The van der Waals surface area contributed by atoms with Crippen LogP contribution in [0.1, 0.15) is 361 Å². The van der Waals surface area contributed by atoms with Crippen LogP contribution in [-0.2, 0) is 14.3 Å². The first-order valence-corrected chi connectivity index (χ1v) is 34.6. The maximum atomic E-state index is 12.5. The fraction of sp³-hybridized carbons (Fsp3) is 0.833.